The maximum absolute atomic E-state index is 12.1. The van der Waals surface area contributed by atoms with Crippen LogP contribution in [0.3, 0.4) is 0 Å². The largest absolute Gasteiger partial charge is 0.338 e. The van der Waals surface area contributed by atoms with Gasteiger partial charge in [-0.1, -0.05) is 20.4 Å². The Morgan fingerprint density at radius 1 is 1.00 bits per heavy atom. The van der Waals surface area contributed by atoms with Gasteiger partial charge in [0.2, 0.25) is 5.91 Å². The van der Waals surface area contributed by atoms with Crippen LogP contribution in [0.25, 0.3) is 0 Å². The van der Waals surface area contributed by atoms with E-state index in [0.29, 0.717) is 5.57 Å². The second-order valence-electron chi connectivity index (χ2n) is 5.26. The van der Waals surface area contributed by atoms with E-state index >= 15 is 0 Å². The molecule has 0 unspecified atom stereocenters. The first-order valence-corrected chi connectivity index (χ1v) is 7.24. The molecule has 4 heteroatoms. The van der Waals surface area contributed by atoms with Gasteiger partial charge in [0.1, 0.15) is 0 Å². The van der Waals surface area contributed by atoms with Crippen LogP contribution in [0.1, 0.15) is 27.2 Å². The molecule has 1 amide bonds. The number of hydrogen-bond acceptors (Lipinski definition) is 3. The second-order valence-corrected chi connectivity index (χ2v) is 5.26. The van der Waals surface area contributed by atoms with Crippen molar-refractivity contribution in [2.24, 2.45) is 0 Å². The Labute approximate surface area is 119 Å². The summed E-state index contributed by atoms with van der Waals surface area (Å²) in [6, 6.07) is 0. The van der Waals surface area contributed by atoms with Crippen LogP contribution in [0.4, 0.5) is 0 Å². The molecular formula is C15H31N3O. The molecule has 0 rings (SSSR count). The van der Waals surface area contributed by atoms with Crippen molar-refractivity contribution in [3.63, 3.8) is 0 Å². The van der Waals surface area contributed by atoms with Crippen LogP contribution in [-0.4, -0.2) is 74.0 Å². The average Bonchev–Trinajstić information content (AvgIpc) is 2.37. The fourth-order valence-corrected chi connectivity index (χ4v) is 1.93. The van der Waals surface area contributed by atoms with Crippen LogP contribution >= 0.6 is 0 Å². The molecule has 112 valence electrons. The normalized spacial score (nSPS) is 11.1. The van der Waals surface area contributed by atoms with Gasteiger partial charge in [-0.25, -0.2) is 0 Å². The van der Waals surface area contributed by atoms with Crippen molar-refractivity contribution in [3.8, 4) is 0 Å². The molecule has 0 radical (unpaired) electrons. The van der Waals surface area contributed by atoms with E-state index in [1.165, 1.54) is 0 Å². The third-order valence-corrected chi connectivity index (χ3v) is 3.27. The Hall–Kier alpha value is -0.870. The molecular weight excluding hydrogens is 238 g/mol. The highest BCUT2D eigenvalue weighted by atomic mass is 16.2. The summed E-state index contributed by atoms with van der Waals surface area (Å²) in [4.78, 5) is 18.5. The SMILES string of the molecule is C=C(C)C(=O)N(CCCN(CC)CC)CCN(C)C. The summed E-state index contributed by atoms with van der Waals surface area (Å²) in [5.41, 5.74) is 0.626. The highest BCUT2D eigenvalue weighted by molar-refractivity contribution is 5.92. The standard InChI is InChI=1S/C15H31N3O/c1-7-17(8-2)10-9-11-18(13-12-16(5)6)15(19)14(3)4/h3,7-13H2,1-2,4-6H3. The molecule has 0 saturated heterocycles. The van der Waals surface area contributed by atoms with Gasteiger partial charge in [0.05, 0.1) is 0 Å². The lowest BCUT2D eigenvalue weighted by atomic mass is 10.2. The minimum atomic E-state index is 0.0846. The fourth-order valence-electron chi connectivity index (χ4n) is 1.93. The van der Waals surface area contributed by atoms with Crippen LogP contribution in [-0.2, 0) is 4.79 Å². The van der Waals surface area contributed by atoms with Crippen molar-refractivity contribution in [2.75, 3.05) is 53.4 Å². The molecule has 0 aromatic carbocycles. The van der Waals surface area contributed by atoms with Crippen LogP contribution in [0.2, 0.25) is 0 Å². The van der Waals surface area contributed by atoms with E-state index in [2.05, 4.69) is 30.2 Å². The lowest BCUT2D eigenvalue weighted by molar-refractivity contribution is -0.127. The van der Waals surface area contributed by atoms with E-state index in [4.69, 9.17) is 0 Å². The number of rotatable bonds is 10. The molecule has 0 bridgehead atoms. The first-order valence-electron chi connectivity index (χ1n) is 7.24. The van der Waals surface area contributed by atoms with Gasteiger partial charge >= 0.3 is 0 Å². The van der Waals surface area contributed by atoms with Crippen molar-refractivity contribution in [2.45, 2.75) is 27.2 Å². The summed E-state index contributed by atoms with van der Waals surface area (Å²) in [6.07, 6.45) is 1.02. The zero-order chi connectivity index (χ0) is 14.8. The lowest BCUT2D eigenvalue weighted by Gasteiger charge is -2.26. The Kier molecular flexibility index (Phi) is 9.53. The average molecular weight is 269 g/mol. The van der Waals surface area contributed by atoms with Gasteiger partial charge in [0.25, 0.3) is 0 Å². The van der Waals surface area contributed by atoms with Crippen LogP contribution < -0.4 is 0 Å². The summed E-state index contributed by atoms with van der Waals surface area (Å²) in [7, 11) is 4.05. The minimum Gasteiger partial charge on any atom is -0.338 e. The van der Waals surface area contributed by atoms with E-state index in [0.717, 1.165) is 45.7 Å². The van der Waals surface area contributed by atoms with Crippen molar-refractivity contribution in [3.05, 3.63) is 12.2 Å². The van der Waals surface area contributed by atoms with Gasteiger partial charge in [-0.3, -0.25) is 4.79 Å². The van der Waals surface area contributed by atoms with Gasteiger partial charge in [0, 0.05) is 25.2 Å². The van der Waals surface area contributed by atoms with E-state index in [-0.39, 0.29) is 5.91 Å². The molecule has 0 N–H and O–H groups in total. The smallest absolute Gasteiger partial charge is 0.248 e. The number of carbonyl (C=O) groups is 1. The molecule has 19 heavy (non-hydrogen) atoms. The van der Waals surface area contributed by atoms with E-state index < -0.39 is 0 Å². The van der Waals surface area contributed by atoms with E-state index in [1.54, 1.807) is 6.92 Å². The molecule has 0 heterocycles. The number of carbonyl (C=O) groups excluding carboxylic acids is 1. The Morgan fingerprint density at radius 3 is 2.00 bits per heavy atom. The molecule has 4 nitrogen and oxygen atoms in total. The predicted octanol–water partition coefficient (Wildman–Crippen LogP) is 1.68. The lowest BCUT2D eigenvalue weighted by Crippen LogP contribution is -2.39. The first-order chi connectivity index (χ1) is 8.92. The quantitative estimate of drug-likeness (QED) is 0.565. The monoisotopic (exact) mass is 269 g/mol. The van der Waals surface area contributed by atoms with E-state index in [9.17, 15) is 4.79 Å². The van der Waals surface area contributed by atoms with Gasteiger partial charge in [-0.15, -0.1) is 0 Å². The van der Waals surface area contributed by atoms with Crippen molar-refractivity contribution < 1.29 is 4.79 Å². The van der Waals surface area contributed by atoms with Gasteiger partial charge in [0.15, 0.2) is 0 Å². The number of nitrogens with zero attached hydrogens (tertiary/aromatic N) is 3. The van der Waals surface area contributed by atoms with Gasteiger partial charge < -0.3 is 14.7 Å². The Morgan fingerprint density at radius 2 is 1.58 bits per heavy atom. The summed E-state index contributed by atoms with van der Waals surface area (Å²) >= 11 is 0. The summed E-state index contributed by atoms with van der Waals surface area (Å²) in [5.74, 6) is 0.0846. The molecule has 0 spiro atoms. The summed E-state index contributed by atoms with van der Waals surface area (Å²) in [6.45, 7) is 15.6. The third-order valence-electron chi connectivity index (χ3n) is 3.27. The molecule has 0 aliphatic heterocycles. The highest BCUT2D eigenvalue weighted by Gasteiger charge is 2.14. The zero-order valence-electron chi connectivity index (χ0n) is 13.4. The molecule has 0 atom stereocenters. The Bertz CT molecular complexity index is 273. The van der Waals surface area contributed by atoms with Gasteiger partial charge in [-0.2, -0.15) is 0 Å². The molecule has 0 aromatic rings. The molecule has 0 saturated carbocycles. The first kappa shape index (κ1) is 18.1. The number of hydrogen-bond donors (Lipinski definition) is 0. The highest BCUT2D eigenvalue weighted by Crippen LogP contribution is 2.02. The van der Waals surface area contributed by atoms with Crippen molar-refractivity contribution >= 4 is 5.91 Å². The van der Waals surface area contributed by atoms with Gasteiger partial charge in [-0.05, 0) is 47.1 Å². The topological polar surface area (TPSA) is 26.8 Å². The minimum absolute atomic E-state index is 0.0846. The van der Waals surface area contributed by atoms with E-state index in [1.807, 2.05) is 19.0 Å². The second kappa shape index (κ2) is 9.98. The van der Waals surface area contributed by atoms with Crippen molar-refractivity contribution in [1.29, 1.82) is 0 Å². The number of likely N-dealkylation sites (N-methyl/N-ethyl adjacent to an activating group) is 1. The van der Waals surface area contributed by atoms with Crippen LogP contribution in [0, 0.1) is 0 Å². The predicted molar refractivity (Wildman–Crippen MR) is 82.4 cm³/mol. The molecule has 0 aliphatic carbocycles. The summed E-state index contributed by atoms with van der Waals surface area (Å²) < 4.78 is 0. The number of amides is 1. The molecule has 0 fully saturated rings. The molecule has 0 aromatic heterocycles. The third kappa shape index (κ3) is 8.01. The maximum atomic E-state index is 12.1. The van der Waals surface area contributed by atoms with Crippen LogP contribution in [0.15, 0.2) is 12.2 Å². The maximum Gasteiger partial charge on any atom is 0.248 e. The zero-order valence-corrected chi connectivity index (χ0v) is 13.4. The van der Waals surface area contributed by atoms with Crippen molar-refractivity contribution in [1.82, 2.24) is 14.7 Å². The molecule has 0 aliphatic rings. The van der Waals surface area contributed by atoms with Crippen LogP contribution in [0.5, 0.6) is 0 Å². The fraction of sp³-hybridized carbons (Fsp3) is 0.800. The Balaban J connectivity index is 4.26. The summed E-state index contributed by atoms with van der Waals surface area (Å²) in [5, 5.41) is 0.